The fourth-order valence-electron chi connectivity index (χ4n) is 3.36. The summed E-state index contributed by atoms with van der Waals surface area (Å²) >= 11 is 1.51. The molecule has 0 spiro atoms. The molecule has 2 aliphatic rings. The summed E-state index contributed by atoms with van der Waals surface area (Å²) in [6.07, 6.45) is 5.73. The van der Waals surface area contributed by atoms with Gasteiger partial charge in [0.15, 0.2) is 11.6 Å². The third-order valence-corrected chi connectivity index (χ3v) is 6.09. The minimum Gasteiger partial charge on any atom is -0.344 e. The van der Waals surface area contributed by atoms with Crippen LogP contribution in [0.15, 0.2) is 18.2 Å². The van der Waals surface area contributed by atoms with E-state index >= 15 is 0 Å². The Morgan fingerprint density at radius 1 is 1.04 bits per heavy atom. The first-order valence-electron chi connectivity index (χ1n) is 9.41. The van der Waals surface area contributed by atoms with E-state index in [4.69, 9.17) is 4.98 Å². The van der Waals surface area contributed by atoms with Crippen LogP contribution in [-0.2, 0) is 12.8 Å². The molecule has 7 heteroatoms. The van der Waals surface area contributed by atoms with Gasteiger partial charge >= 0.3 is 0 Å². The molecule has 0 radical (unpaired) electrons. The van der Waals surface area contributed by atoms with Crippen molar-refractivity contribution in [2.45, 2.75) is 32.1 Å². The Hall–Kier alpha value is -1.60. The monoisotopic (exact) mass is 378 g/mol. The predicted octanol–water partition coefficient (Wildman–Crippen LogP) is 3.52. The van der Waals surface area contributed by atoms with Gasteiger partial charge in [0.2, 0.25) is 5.13 Å². The second-order valence-electron chi connectivity index (χ2n) is 7.30. The van der Waals surface area contributed by atoms with E-state index in [0.717, 1.165) is 68.0 Å². The molecular weight excluding hydrogens is 354 g/mol. The fourth-order valence-corrected chi connectivity index (χ4v) is 4.12. The Bertz CT molecular complexity index is 739. The Labute approximate surface area is 157 Å². The first-order valence-corrected chi connectivity index (χ1v) is 10.2. The Balaban J connectivity index is 1.22. The first kappa shape index (κ1) is 17.8. The molecule has 1 aromatic heterocycles. The molecule has 2 aromatic rings. The maximum absolute atomic E-state index is 13.3. The highest BCUT2D eigenvalue weighted by atomic mass is 32.1. The highest BCUT2D eigenvalue weighted by molar-refractivity contribution is 7.09. The third-order valence-electron chi connectivity index (χ3n) is 5.27. The standard InChI is InChI=1S/C19H24F2N4S/c20-16-5-3-15(13-17(16)21)7-8-24-9-11-25(12-10-24)19-22-18(23-26-19)6-4-14-1-2-14/h3,5,13-14H,1-2,4,6-12H2. The van der Waals surface area contributed by atoms with E-state index in [-0.39, 0.29) is 0 Å². The lowest BCUT2D eigenvalue weighted by molar-refractivity contribution is 0.261. The molecule has 1 aromatic carbocycles. The summed E-state index contributed by atoms with van der Waals surface area (Å²) < 4.78 is 30.8. The molecule has 4 nitrogen and oxygen atoms in total. The van der Waals surface area contributed by atoms with E-state index in [1.807, 2.05) is 0 Å². The van der Waals surface area contributed by atoms with E-state index in [9.17, 15) is 8.78 Å². The van der Waals surface area contributed by atoms with Gasteiger partial charge in [-0.3, -0.25) is 4.90 Å². The third kappa shape index (κ3) is 4.57. The summed E-state index contributed by atoms with van der Waals surface area (Å²) in [4.78, 5) is 9.39. The largest absolute Gasteiger partial charge is 0.344 e. The zero-order valence-electron chi connectivity index (χ0n) is 14.8. The van der Waals surface area contributed by atoms with Gasteiger partial charge in [-0.25, -0.2) is 13.8 Å². The van der Waals surface area contributed by atoms with Crippen LogP contribution >= 0.6 is 11.5 Å². The molecule has 1 saturated carbocycles. The number of rotatable bonds is 7. The number of anilines is 1. The number of benzene rings is 1. The van der Waals surface area contributed by atoms with Crippen LogP contribution in [0.3, 0.4) is 0 Å². The van der Waals surface area contributed by atoms with Gasteiger partial charge in [-0.2, -0.15) is 4.37 Å². The lowest BCUT2D eigenvalue weighted by Crippen LogP contribution is -2.47. The number of piperazine rings is 1. The molecule has 0 amide bonds. The molecule has 26 heavy (non-hydrogen) atoms. The molecule has 0 N–H and O–H groups in total. The first-order chi connectivity index (χ1) is 12.7. The molecular formula is C19H24F2N4S. The summed E-state index contributed by atoms with van der Waals surface area (Å²) in [6, 6.07) is 4.17. The van der Waals surface area contributed by atoms with Crippen molar-refractivity contribution in [3.05, 3.63) is 41.2 Å². The van der Waals surface area contributed by atoms with Crippen LogP contribution in [0.1, 0.15) is 30.7 Å². The van der Waals surface area contributed by atoms with Crippen molar-refractivity contribution >= 4 is 16.7 Å². The van der Waals surface area contributed by atoms with Gasteiger partial charge in [0.05, 0.1) is 0 Å². The SMILES string of the molecule is Fc1ccc(CCN2CCN(c3nc(CCC4CC4)ns3)CC2)cc1F. The Kier molecular flexibility index (Phi) is 5.45. The van der Waals surface area contributed by atoms with Crippen molar-refractivity contribution in [3.63, 3.8) is 0 Å². The minimum atomic E-state index is -0.782. The normalized spacial score (nSPS) is 18.5. The van der Waals surface area contributed by atoms with Gasteiger partial charge in [0, 0.05) is 50.7 Å². The molecule has 0 atom stereocenters. The van der Waals surface area contributed by atoms with Gasteiger partial charge in [0.1, 0.15) is 5.82 Å². The Morgan fingerprint density at radius 3 is 2.58 bits per heavy atom. The van der Waals surface area contributed by atoms with Gasteiger partial charge < -0.3 is 4.90 Å². The number of nitrogens with zero attached hydrogens (tertiary/aromatic N) is 4. The zero-order valence-corrected chi connectivity index (χ0v) is 15.6. The lowest BCUT2D eigenvalue weighted by atomic mass is 10.1. The topological polar surface area (TPSA) is 32.3 Å². The number of aryl methyl sites for hydroxylation is 1. The molecule has 2 fully saturated rings. The van der Waals surface area contributed by atoms with E-state index in [0.29, 0.717) is 0 Å². The molecule has 1 aliphatic carbocycles. The summed E-state index contributed by atoms with van der Waals surface area (Å²) in [5, 5.41) is 1.04. The maximum Gasteiger partial charge on any atom is 0.205 e. The van der Waals surface area contributed by atoms with Gasteiger partial charge in [0.25, 0.3) is 0 Å². The molecule has 0 bridgehead atoms. The average molecular weight is 378 g/mol. The van der Waals surface area contributed by atoms with Gasteiger partial charge in [-0.15, -0.1) is 0 Å². The van der Waals surface area contributed by atoms with Crippen LogP contribution in [0.25, 0.3) is 0 Å². The van der Waals surface area contributed by atoms with Gasteiger partial charge in [-0.05, 0) is 36.5 Å². The summed E-state index contributed by atoms with van der Waals surface area (Å²) in [7, 11) is 0. The summed E-state index contributed by atoms with van der Waals surface area (Å²) in [6.45, 7) is 4.66. The van der Waals surface area contributed by atoms with Crippen molar-refractivity contribution in [3.8, 4) is 0 Å². The number of halogens is 2. The number of hydrogen-bond donors (Lipinski definition) is 0. The lowest BCUT2D eigenvalue weighted by Gasteiger charge is -2.34. The molecule has 1 saturated heterocycles. The predicted molar refractivity (Wildman–Crippen MR) is 99.7 cm³/mol. The Morgan fingerprint density at radius 2 is 1.85 bits per heavy atom. The van der Waals surface area contributed by atoms with Crippen molar-refractivity contribution in [1.82, 2.24) is 14.3 Å². The summed E-state index contributed by atoms with van der Waals surface area (Å²) in [5.41, 5.74) is 0.843. The zero-order chi connectivity index (χ0) is 17.9. The number of hydrogen-bond acceptors (Lipinski definition) is 5. The van der Waals surface area contributed by atoms with Crippen molar-refractivity contribution in [2.75, 3.05) is 37.6 Å². The molecule has 0 unspecified atom stereocenters. The molecule has 2 heterocycles. The van der Waals surface area contributed by atoms with Crippen molar-refractivity contribution in [2.24, 2.45) is 5.92 Å². The van der Waals surface area contributed by atoms with Crippen molar-refractivity contribution < 1.29 is 8.78 Å². The molecule has 140 valence electrons. The second-order valence-corrected chi connectivity index (χ2v) is 8.03. The highest BCUT2D eigenvalue weighted by Gasteiger charge is 2.23. The van der Waals surface area contributed by atoms with E-state index in [2.05, 4.69) is 14.2 Å². The van der Waals surface area contributed by atoms with Crippen LogP contribution in [0, 0.1) is 17.6 Å². The second kappa shape index (κ2) is 7.96. The van der Waals surface area contributed by atoms with E-state index in [1.54, 1.807) is 6.07 Å². The number of aromatic nitrogens is 2. The van der Waals surface area contributed by atoms with Crippen LogP contribution in [0.2, 0.25) is 0 Å². The quantitative estimate of drug-likeness (QED) is 0.738. The van der Waals surface area contributed by atoms with Crippen LogP contribution in [-0.4, -0.2) is 47.0 Å². The molecule has 1 aliphatic heterocycles. The van der Waals surface area contributed by atoms with E-state index in [1.165, 1.54) is 42.9 Å². The summed E-state index contributed by atoms with van der Waals surface area (Å²) in [5.74, 6) is 0.370. The highest BCUT2D eigenvalue weighted by Crippen LogP contribution is 2.33. The van der Waals surface area contributed by atoms with Gasteiger partial charge in [-0.1, -0.05) is 18.9 Å². The smallest absolute Gasteiger partial charge is 0.205 e. The van der Waals surface area contributed by atoms with Crippen LogP contribution in [0.5, 0.6) is 0 Å². The van der Waals surface area contributed by atoms with Crippen molar-refractivity contribution in [1.29, 1.82) is 0 Å². The van der Waals surface area contributed by atoms with Crippen LogP contribution in [0.4, 0.5) is 13.9 Å². The van der Waals surface area contributed by atoms with E-state index < -0.39 is 11.6 Å². The maximum atomic E-state index is 13.3. The average Bonchev–Trinajstić information content (AvgIpc) is 3.37. The fraction of sp³-hybridized carbons (Fsp3) is 0.579. The van der Waals surface area contributed by atoms with Crippen LogP contribution < -0.4 is 4.90 Å². The minimum absolute atomic E-state index is 0.737. The molecule has 4 rings (SSSR count).